The molecule has 1 aromatic carbocycles. The second-order valence-electron chi connectivity index (χ2n) is 3.07. The largest absolute Gasteiger partial charge is 0.385 e. The molecule has 1 aromatic heterocycles. The van der Waals surface area contributed by atoms with E-state index in [-0.39, 0.29) is 4.88 Å². The summed E-state index contributed by atoms with van der Waals surface area (Å²) in [5.41, 5.74) is 0. The van der Waals surface area contributed by atoms with Crippen LogP contribution in [0.3, 0.4) is 0 Å². The lowest BCUT2D eigenvalue weighted by molar-refractivity contribution is 0.0540. The number of benzene rings is 1. The molecule has 0 N–H and O–H groups in total. The number of Topliss-reactive ketones (excluding diaryl/α,β-unsaturated/α-hetero) is 1. The molecule has 16 heavy (non-hydrogen) atoms. The predicted octanol–water partition coefficient (Wildman–Crippen LogP) is 4.68. The summed E-state index contributed by atoms with van der Waals surface area (Å²) in [6.07, 6.45) is 0. The average molecular weight is 326 g/mol. The van der Waals surface area contributed by atoms with Crippen molar-refractivity contribution in [3.8, 4) is 0 Å². The summed E-state index contributed by atoms with van der Waals surface area (Å²) in [4.78, 5) is 11.3. The molecule has 84 valence electrons. The van der Waals surface area contributed by atoms with Crippen LogP contribution in [0.15, 0.2) is 28.7 Å². The van der Waals surface area contributed by atoms with Crippen LogP contribution in [-0.2, 0) is 0 Å². The molecular weight excluding hydrogens is 322 g/mol. The molecule has 0 aliphatic rings. The van der Waals surface area contributed by atoms with Crippen LogP contribution in [0.1, 0.15) is 9.67 Å². The number of hydrogen-bond donors (Lipinski definition) is 0. The van der Waals surface area contributed by atoms with E-state index in [1.165, 1.54) is 0 Å². The minimum Gasteiger partial charge on any atom is -0.285 e. The van der Waals surface area contributed by atoms with Crippen molar-refractivity contribution in [2.45, 2.75) is 5.38 Å². The molecular formula is C10H4BrClF2OS. The summed E-state index contributed by atoms with van der Waals surface area (Å²) in [5.74, 6) is -1.37. The Morgan fingerprint density at radius 2 is 2.00 bits per heavy atom. The number of rotatable bonds is 2. The first-order valence-corrected chi connectivity index (χ1v) is 6.18. The van der Waals surface area contributed by atoms with Crippen LogP contribution in [0.2, 0.25) is 0 Å². The Bertz CT molecular complexity index is 561. The van der Waals surface area contributed by atoms with Gasteiger partial charge in [0, 0.05) is 14.6 Å². The molecule has 0 aliphatic carbocycles. The molecule has 0 radical (unpaired) electrons. The van der Waals surface area contributed by atoms with Gasteiger partial charge in [-0.05, 0) is 33.6 Å². The van der Waals surface area contributed by atoms with Crippen molar-refractivity contribution in [3.05, 3.63) is 33.6 Å². The Balaban J connectivity index is 2.63. The fourth-order valence-electron chi connectivity index (χ4n) is 1.29. The van der Waals surface area contributed by atoms with E-state index < -0.39 is 11.2 Å². The zero-order valence-corrected chi connectivity index (χ0v) is 10.8. The molecule has 1 heterocycles. The van der Waals surface area contributed by atoms with E-state index in [0.29, 0.717) is 4.47 Å². The second-order valence-corrected chi connectivity index (χ2v) is 5.39. The number of fused-ring (bicyclic) bond motifs is 1. The van der Waals surface area contributed by atoms with Crippen LogP contribution in [0.4, 0.5) is 8.78 Å². The number of hydrogen-bond acceptors (Lipinski definition) is 2. The molecule has 0 atom stereocenters. The first-order chi connectivity index (χ1) is 7.41. The molecule has 0 amide bonds. The Labute approximate surface area is 107 Å². The minimum atomic E-state index is -3.86. The summed E-state index contributed by atoms with van der Waals surface area (Å²) >= 11 is 8.86. The van der Waals surface area contributed by atoms with Gasteiger partial charge in [0.25, 0.3) is 5.78 Å². The van der Waals surface area contributed by atoms with Gasteiger partial charge in [-0.2, -0.15) is 8.78 Å². The predicted molar refractivity (Wildman–Crippen MR) is 64.7 cm³/mol. The molecule has 0 fully saturated rings. The Kier molecular flexibility index (Phi) is 3.03. The topological polar surface area (TPSA) is 17.1 Å². The summed E-state index contributed by atoms with van der Waals surface area (Å²) in [6.45, 7) is 0. The zero-order valence-electron chi connectivity index (χ0n) is 7.64. The second kappa shape index (κ2) is 4.05. The molecule has 2 rings (SSSR count). The minimum absolute atomic E-state index is 0.0544. The number of halogens is 4. The summed E-state index contributed by atoms with van der Waals surface area (Å²) in [6, 6.07) is 7.05. The Morgan fingerprint density at radius 1 is 1.38 bits per heavy atom. The molecule has 0 bridgehead atoms. The van der Waals surface area contributed by atoms with Crippen LogP contribution >= 0.6 is 38.9 Å². The van der Waals surface area contributed by atoms with Crippen molar-refractivity contribution in [2.24, 2.45) is 0 Å². The van der Waals surface area contributed by atoms with E-state index >= 15 is 0 Å². The maximum atomic E-state index is 12.7. The standard InChI is InChI=1S/C10H4BrClF2OS/c11-7-5-3-1-2-4-6(5)16-8(7)9(15)10(12,13)14/h1-4H. The summed E-state index contributed by atoms with van der Waals surface area (Å²) in [5, 5.41) is -3.12. The highest BCUT2D eigenvalue weighted by Crippen LogP contribution is 2.39. The molecule has 0 saturated heterocycles. The van der Waals surface area contributed by atoms with Gasteiger partial charge in [0.15, 0.2) is 0 Å². The van der Waals surface area contributed by atoms with Gasteiger partial charge in [0.05, 0.1) is 4.88 Å². The molecule has 0 saturated carbocycles. The highest BCUT2D eigenvalue weighted by Gasteiger charge is 2.39. The highest BCUT2D eigenvalue weighted by molar-refractivity contribution is 9.10. The first-order valence-electron chi connectivity index (χ1n) is 4.20. The summed E-state index contributed by atoms with van der Waals surface area (Å²) < 4.78 is 26.6. The first kappa shape index (κ1) is 12.0. The van der Waals surface area contributed by atoms with Gasteiger partial charge in [-0.3, -0.25) is 4.79 Å². The number of thiophene rings is 1. The molecule has 1 nitrogen and oxygen atoms in total. The fourth-order valence-corrected chi connectivity index (χ4v) is 3.41. The van der Waals surface area contributed by atoms with Crippen LogP contribution in [-0.4, -0.2) is 11.2 Å². The zero-order chi connectivity index (χ0) is 11.9. The maximum absolute atomic E-state index is 12.7. The third kappa shape index (κ3) is 1.99. The van der Waals surface area contributed by atoms with Gasteiger partial charge in [-0.1, -0.05) is 18.2 Å². The third-order valence-electron chi connectivity index (χ3n) is 2.00. The lowest BCUT2D eigenvalue weighted by Crippen LogP contribution is -2.20. The number of carbonyl (C=O) groups is 1. The monoisotopic (exact) mass is 324 g/mol. The van der Waals surface area contributed by atoms with E-state index in [4.69, 9.17) is 11.6 Å². The van der Waals surface area contributed by atoms with Crippen molar-refractivity contribution < 1.29 is 13.6 Å². The van der Waals surface area contributed by atoms with Crippen molar-refractivity contribution >= 4 is 54.7 Å². The van der Waals surface area contributed by atoms with Crippen LogP contribution < -0.4 is 0 Å². The smallest absolute Gasteiger partial charge is 0.285 e. The van der Waals surface area contributed by atoms with E-state index in [2.05, 4.69) is 15.9 Å². The summed E-state index contributed by atoms with van der Waals surface area (Å²) in [7, 11) is 0. The third-order valence-corrected chi connectivity index (χ3v) is 4.43. The molecule has 0 spiro atoms. The fraction of sp³-hybridized carbons (Fsp3) is 0.100. The van der Waals surface area contributed by atoms with Crippen molar-refractivity contribution in [1.29, 1.82) is 0 Å². The highest BCUT2D eigenvalue weighted by atomic mass is 79.9. The lowest BCUT2D eigenvalue weighted by atomic mass is 10.2. The maximum Gasteiger partial charge on any atom is 0.385 e. The molecule has 2 aromatic rings. The van der Waals surface area contributed by atoms with E-state index in [1.54, 1.807) is 24.3 Å². The Morgan fingerprint density at radius 3 is 2.56 bits per heavy atom. The van der Waals surface area contributed by atoms with Gasteiger partial charge in [-0.25, -0.2) is 0 Å². The quantitative estimate of drug-likeness (QED) is 0.579. The van der Waals surface area contributed by atoms with E-state index in [9.17, 15) is 13.6 Å². The SMILES string of the molecule is O=C(c1sc2ccccc2c1Br)C(F)(F)Cl. The normalized spacial score (nSPS) is 12.0. The van der Waals surface area contributed by atoms with Gasteiger partial charge in [0.1, 0.15) is 0 Å². The number of carbonyl (C=O) groups excluding carboxylic acids is 1. The van der Waals surface area contributed by atoms with Crippen molar-refractivity contribution in [1.82, 2.24) is 0 Å². The van der Waals surface area contributed by atoms with E-state index in [0.717, 1.165) is 21.4 Å². The van der Waals surface area contributed by atoms with Gasteiger partial charge < -0.3 is 0 Å². The number of ketones is 1. The molecule has 0 aliphatic heterocycles. The van der Waals surface area contributed by atoms with Crippen LogP contribution in [0.5, 0.6) is 0 Å². The van der Waals surface area contributed by atoms with Gasteiger partial charge >= 0.3 is 5.38 Å². The van der Waals surface area contributed by atoms with Gasteiger partial charge in [0.2, 0.25) is 0 Å². The molecule has 6 heteroatoms. The number of alkyl halides is 3. The Hall–Kier alpha value is -0.520. The van der Waals surface area contributed by atoms with Gasteiger partial charge in [-0.15, -0.1) is 11.3 Å². The molecule has 0 unspecified atom stereocenters. The lowest BCUT2D eigenvalue weighted by Gasteiger charge is -2.04. The van der Waals surface area contributed by atoms with E-state index in [1.807, 2.05) is 0 Å². The van der Waals surface area contributed by atoms with Crippen molar-refractivity contribution in [2.75, 3.05) is 0 Å². The van der Waals surface area contributed by atoms with Crippen LogP contribution in [0, 0.1) is 0 Å². The van der Waals surface area contributed by atoms with Crippen molar-refractivity contribution in [3.63, 3.8) is 0 Å². The van der Waals surface area contributed by atoms with Crippen LogP contribution in [0.25, 0.3) is 10.1 Å². The average Bonchev–Trinajstić information content (AvgIpc) is 2.54.